The van der Waals surface area contributed by atoms with Crippen LogP contribution in [0.3, 0.4) is 0 Å². The van der Waals surface area contributed by atoms with Crippen molar-refractivity contribution in [3.63, 3.8) is 0 Å². The third-order valence-electron chi connectivity index (χ3n) is 2.47. The van der Waals surface area contributed by atoms with Crippen molar-refractivity contribution in [3.8, 4) is 0 Å². The predicted octanol–water partition coefficient (Wildman–Crippen LogP) is 1.17. The Morgan fingerprint density at radius 2 is 1.40 bits per heavy atom. The standard InChI is InChI=1S/C11H21N3.Hf/c1-12(2)9-7-8-10(13(3)4)11(9)14(5)6;/h7H,8H2,1-6H3;. The Kier molecular flexibility index (Phi) is 5.64. The predicted molar refractivity (Wildman–Crippen MR) is 60.8 cm³/mol. The first-order valence-corrected chi connectivity index (χ1v) is 4.90. The van der Waals surface area contributed by atoms with Gasteiger partial charge in [-0.25, -0.2) is 0 Å². The Morgan fingerprint density at radius 1 is 0.867 bits per heavy atom. The van der Waals surface area contributed by atoms with Crippen LogP contribution in [-0.4, -0.2) is 57.0 Å². The monoisotopic (exact) mass is 375 g/mol. The van der Waals surface area contributed by atoms with Gasteiger partial charge in [-0.3, -0.25) is 0 Å². The molecule has 0 N–H and O–H groups in total. The van der Waals surface area contributed by atoms with Crippen molar-refractivity contribution in [2.24, 2.45) is 0 Å². The van der Waals surface area contributed by atoms with Gasteiger partial charge in [0.15, 0.2) is 0 Å². The van der Waals surface area contributed by atoms with Crippen molar-refractivity contribution >= 4 is 0 Å². The SMILES string of the molecule is CN(C)C1=CCC(N(C)C)=C1N(C)C.[Hf]. The molecule has 0 spiro atoms. The molecular weight excluding hydrogens is 353 g/mol. The molecule has 0 radical (unpaired) electrons. The van der Waals surface area contributed by atoms with Crippen LogP contribution in [0.2, 0.25) is 0 Å². The van der Waals surface area contributed by atoms with E-state index < -0.39 is 0 Å². The first-order chi connectivity index (χ1) is 6.45. The molecule has 0 unspecified atom stereocenters. The van der Waals surface area contributed by atoms with E-state index in [1.54, 1.807) is 0 Å². The Bertz CT molecular complexity index is 278. The molecule has 0 bridgehead atoms. The zero-order valence-corrected chi connectivity index (χ0v) is 14.2. The quantitative estimate of drug-likeness (QED) is 0.688. The number of hydrogen-bond acceptors (Lipinski definition) is 3. The first-order valence-electron chi connectivity index (χ1n) is 4.90. The van der Waals surface area contributed by atoms with Gasteiger partial charge in [0.2, 0.25) is 0 Å². The smallest absolute Gasteiger partial charge is 0.0793 e. The van der Waals surface area contributed by atoms with E-state index in [0.29, 0.717) is 0 Å². The van der Waals surface area contributed by atoms with Gasteiger partial charge in [-0.15, -0.1) is 0 Å². The Morgan fingerprint density at radius 3 is 1.73 bits per heavy atom. The summed E-state index contributed by atoms with van der Waals surface area (Å²) in [6.07, 6.45) is 3.32. The molecule has 0 saturated carbocycles. The van der Waals surface area contributed by atoms with Crippen LogP contribution >= 0.6 is 0 Å². The summed E-state index contributed by atoms with van der Waals surface area (Å²) in [5, 5.41) is 0. The second-order valence-electron chi connectivity index (χ2n) is 4.27. The fourth-order valence-electron chi connectivity index (χ4n) is 1.81. The molecule has 84 valence electrons. The van der Waals surface area contributed by atoms with Crippen molar-refractivity contribution in [2.45, 2.75) is 6.42 Å². The summed E-state index contributed by atoms with van der Waals surface area (Å²) < 4.78 is 0. The maximum absolute atomic E-state index is 2.28. The van der Waals surface area contributed by atoms with E-state index in [1.165, 1.54) is 17.1 Å². The van der Waals surface area contributed by atoms with Crippen molar-refractivity contribution in [2.75, 3.05) is 42.3 Å². The summed E-state index contributed by atoms with van der Waals surface area (Å²) in [5.74, 6) is 0. The van der Waals surface area contributed by atoms with Gasteiger partial charge in [0.05, 0.1) is 11.4 Å². The van der Waals surface area contributed by atoms with Crippen LogP contribution in [0.4, 0.5) is 0 Å². The Labute approximate surface area is 112 Å². The van der Waals surface area contributed by atoms with Gasteiger partial charge in [-0.2, -0.15) is 0 Å². The molecule has 0 saturated heterocycles. The van der Waals surface area contributed by atoms with Crippen molar-refractivity contribution in [1.29, 1.82) is 0 Å². The third-order valence-corrected chi connectivity index (χ3v) is 2.47. The van der Waals surface area contributed by atoms with Crippen LogP contribution in [0.15, 0.2) is 23.2 Å². The van der Waals surface area contributed by atoms with Gasteiger partial charge in [0.25, 0.3) is 0 Å². The molecule has 4 heteroatoms. The van der Waals surface area contributed by atoms with Crippen LogP contribution in [-0.2, 0) is 25.8 Å². The van der Waals surface area contributed by atoms with Gasteiger partial charge in [-0.05, 0) is 0 Å². The summed E-state index contributed by atoms with van der Waals surface area (Å²) in [6, 6.07) is 0. The molecule has 3 nitrogen and oxygen atoms in total. The molecule has 0 aliphatic heterocycles. The average molecular weight is 374 g/mol. The molecule has 1 aliphatic carbocycles. The van der Waals surface area contributed by atoms with E-state index in [4.69, 9.17) is 0 Å². The van der Waals surface area contributed by atoms with E-state index >= 15 is 0 Å². The van der Waals surface area contributed by atoms with Crippen molar-refractivity contribution < 1.29 is 25.8 Å². The summed E-state index contributed by atoms with van der Waals surface area (Å²) in [7, 11) is 12.6. The van der Waals surface area contributed by atoms with E-state index in [0.717, 1.165) is 6.42 Å². The van der Waals surface area contributed by atoms with Crippen LogP contribution in [0.25, 0.3) is 0 Å². The molecule has 0 atom stereocenters. The van der Waals surface area contributed by atoms with Crippen LogP contribution in [0.5, 0.6) is 0 Å². The van der Waals surface area contributed by atoms with Gasteiger partial charge in [0.1, 0.15) is 0 Å². The Hall–Kier alpha value is -0.250. The van der Waals surface area contributed by atoms with Gasteiger partial charge < -0.3 is 14.7 Å². The van der Waals surface area contributed by atoms with Crippen LogP contribution < -0.4 is 0 Å². The van der Waals surface area contributed by atoms with E-state index in [-0.39, 0.29) is 25.8 Å². The van der Waals surface area contributed by atoms with Crippen molar-refractivity contribution in [3.05, 3.63) is 23.2 Å². The number of likely N-dealkylation sites (N-methyl/N-ethyl adjacent to an activating group) is 2. The molecule has 0 aromatic carbocycles. The van der Waals surface area contributed by atoms with Gasteiger partial charge in [-0.1, -0.05) is 6.08 Å². The minimum Gasteiger partial charge on any atom is -0.379 e. The molecule has 0 heterocycles. The topological polar surface area (TPSA) is 9.72 Å². The van der Waals surface area contributed by atoms with E-state index in [9.17, 15) is 0 Å². The normalized spacial score (nSPS) is 14.7. The van der Waals surface area contributed by atoms with Gasteiger partial charge in [0, 0.05) is 80.2 Å². The zero-order valence-electron chi connectivity index (χ0n) is 10.6. The summed E-state index contributed by atoms with van der Waals surface area (Å²) in [5.41, 5.74) is 4.04. The number of nitrogens with zero attached hydrogens (tertiary/aromatic N) is 3. The second-order valence-corrected chi connectivity index (χ2v) is 4.27. The zero-order chi connectivity index (χ0) is 10.9. The number of rotatable bonds is 3. The Balaban J connectivity index is 0.00000196. The maximum atomic E-state index is 2.28. The van der Waals surface area contributed by atoms with Crippen LogP contribution in [0, 0.1) is 0 Å². The second kappa shape index (κ2) is 5.73. The van der Waals surface area contributed by atoms with E-state index in [2.05, 4.69) is 63.1 Å². The minimum absolute atomic E-state index is 0. The summed E-state index contributed by atoms with van der Waals surface area (Å²) in [4.78, 5) is 6.56. The summed E-state index contributed by atoms with van der Waals surface area (Å²) >= 11 is 0. The molecule has 0 amide bonds. The molecular formula is C11H21HfN3. The molecule has 0 fully saturated rings. The van der Waals surface area contributed by atoms with Crippen molar-refractivity contribution in [1.82, 2.24) is 14.7 Å². The maximum Gasteiger partial charge on any atom is 0.0793 e. The third kappa shape index (κ3) is 3.10. The molecule has 15 heavy (non-hydrogen) atoms. The fraction of sp³-hybridized carbons (Fsp3) is 0.636. The van der Waals surface area contributed by atoms with Crippen LogP contribution in [0.1, 0.15) is 6.42 Å². The average Bonchev–Trinajstić information content (AvgIpc) is 2.46. The molecule has 1 aliphatic rings. The van der Waals surface area contributed by atoms with E-state index in [1.807, 2.05) is 0 Å². The molecule has 0 aromatic rings. The molecule has 1 rings (SSSR count). The largest absolute Gasteiger partial charge is 0.379 e. The molecule has 0 aromatic heterocycles. The fourth-order valence-corrected chi connectivity index (χ4v) is 1.81. The minimum atomic E-state index is 0. The summed E-state index contributed by atoms with van der Waals surface area (Å²) in [6.45, 7) is 0. The first kappa shape index (κ1) is 14.8. The van der Waals surface area contributed by atoms with Gasteiger partial charge >= 0.3 is 0 Å². The number of allylic oxidation sites excluding steroid dienone is 1. The number of hydrogen-bond donors (Lipinski definition) is 0.